The number of hydrogen-bond acceptors (Lipinski definition) is 2. The first-order valence-corrected chi connectivity index (χ1v) is 6.29. The van der Waals surface area contributed by atoms with E-state index in [0.717, 1.165) is 12.1 Å². The molecule has 19 heavy (non-hydrogen) atoms. The van der Waals surface area contributed by atoms with Crippen molar-refractivity contribution in [1.29, 1.82) is 5.26 Å². The predicted molar refractivity (Wildman–Crippen MR) is 73.5 cm³/mol. The number of nitrogens with zero attached hydrogens (tertiary/aromatic N) is 1. The highest BCUT2D eigenvalue weighted by Gasteiger charge is 2.12. The van der Waals surface area contributed by atoms with Gasteiger partial charge < -0.3 is 5.32 Å². The van der Waals surface area contributed by atoms with Crippen LogP contribution in [0.3, 0.4) is 0 Å². The fraction of sp³-hybridized carbons (Fsp3) is 0. The van der Waals surface area contributed by atoms with E-state index in [9.17, 15) is 8.78 Å². The van der Waals surface area contributed by atoms with E-state index in [1.165, 1.54) is 0 Å². The second-order valence-electron chi connectivity index (χ2n) is 3.67. The predicted octanol–water partition coefficient (Wildman–Crippen LogP) is 5.00. The Labute approximate surface area is 121 Å². The molecule has 0 spiro atoms. The zero-order chi connectivity index (χ0) is 14.0. The van der Waals surface area contributed by atoms with Crippen molar-refractivity contribution in [2.45, 2.75) is 0 Å². The maximum Gasteiger partial charge on any atom is 0.151 e. The molecule has 2 rings (SSSR count). The maximum atomic E-state index is 13.7. The van der Waals surface area contributed by atoms with E-state index in [-0.39, 0.29) is 10.7 Å². The first kappa shape index (κ1) is 13.8. The zero-order valence-electron chi connectivity index (χ0n) is 9.35. The molecule has 0 unspecified atom stereocenters. The summed E-state index contributed by atoms with van der Waals surface area (Å²) < 4.78 is 27.3. The third-order valence-corrected chi connectivity index (χ3v) is 3.16. The van der Waals surface area contributed by atoms with Crippen LogP contribution in [-0.2, 0) is 0 Å². The Morgan fingerprint density at radius 2 is 1.95 bits per heavy atom. The van der Waals surface area contributed by atoms with Gasteiger partial charge in [0, 0.05) is 10.5 Å². The van der Waals surface area contributed by atoms with E-state index in [2.05, 4.69) is 21.2 Å². The number of benzene rings is 2. The van der Waals surface area contributed by atoms with Crippen LogP contribution in [0, 0.1) is 23.0 Å². The number of nitriles is 1. The van der Waals surface area contributed by atoms with Crippen molar-refractivity contribution in [3.05, 3.63) is 57.0 Å². The quantitative estimate of drug-likeness (QED) is 0.833. The van der Waals surface area contributed by atoms with Crippen molar-refractivity contribution < 1.29 is 8.78 Å². The summed E-state index contributed by atoms with van der Waals surface area (Å²) in [6.07, 6.45) is 0. The van der Waals surface area contributed by atoms with Gasteiger partial charge in [-0.15, -0.1) is 0 Å². The molecule has 0 atom stereocenters. The van der Waals surface area contributed by atoms with Gasteiger partial charge in [0.1, 0.15) is 11.9 Å². The second kappa shape index (κ2) is 5.55. The van der Waals surface area contributed by atoms with E-state index < -0.39 is 11.6 Å². The summed E-state index contributed by atoms with van der Waals surface area (Å²) in [7, 11) is 0. The maximum absolute atomic E-state index is 13.7. The third kappa shape index (κ3) is 3.03. The molecule has 0 aromatic heterocycles. The molecule has 0 amide bonds. The van der Waals surface area contributed by atoms with Crippen LogP contribution in [0.1, 0.15) is 5.56 Å². The lowest BCUT2D eigenvalue weighted by Crippen LogP contribution is -1.98. The monoisotopic (exact) mass is 342 g/mol. The van der Waals surface area contributed by atoms with Gasteiger partial charge in [-0.1, -0.05) is 27.5 Å². The molecule has 0 aliphatic carbocycles. The van der Waals surface area contributed by atoms with E-state index >= 15 is 0 Å². The smallest absolute Gasteiger partial charge is 0.151 e. The van der Waals surface area contributed by atoms with Gasteiger partial charge in [-0.2, -0.15) is 5.26 Å². The lowest BCUT2D eigenvalue weighted by Gasteiger charge is -2.11. The van der Waals surface area contributed by atoms with Crippen LogP contribution in [0.5, 0.6) is 0 Å². The summed E-state index contributed by atoms with van der Waals surface area (Å²) >= 11 is 9.03. The average molecular weight is 344 g/mol. The minimum atomic E-state index is -0.825. The van der Waals surface area contributed by atoms with E-state index in [4.69, 9.17) is 16.9 Å². The van der Waals surface area contributed by atoms with E-state index in [1.807, 2.05) is 6.07 Å². The van der Waals surface area contributed by atoms with Gasteiger partial charge in [-0.3, -0.25) is 0 Å². The van der Waals surface area contributed by atoms with Gasteiger partial charge in [0.2, 0.25) is 0 Å². The SMILES string of the molecule is N#Cc1ccc(Br)cc1Nc1c(F)cc(F)cc1Cl. The normalized spacial score (nSPS) is 10.1. The van der Waals surface area contributed by atoms with Crippen molar-refractivity contribution in [2.24, 2.45) is 0 Å². The van der Waals surface area contributed by atoms with Gasteiger partial charge in [-0.05, 0) is 24.3 Å². The molecule has 2 aromatic rings. The van der Waals surface area contributed by atoms with Crippen LogP contribution in [-0.4, -0.2) is 0 Å². The minimum Gasteiger partial charge on any atom is -0.351 e. The molecule has 2 nitrogen and oxygen atoms in total. The first-order chi connectivity index (χ1) is 9.01. The first-order valence-electron chi connectivity index (χ1n) is 5.12. The van der Waals surface area contributed by atoms with Crippen LogP contribution in [0.2, 0.25) is 5.02 Å². The largest absolute Gasteiger partial charge is 0.351 e. The Bertz CT molecular complexity index is 660. The molecule has 1 N–H and O–H groups in total. The van der Waals surface area contributed by atoms with Crippen LogP contribution >= 0.6 is 27.5 Å². The number of hydrogen-bond donors (Lipinski definition) is 1. The second-order valence-corrected chi connectivity index (χ2v) is 4.99. The molecule has 2 aromatic carbocycles. The van der Waals surface area contributed by atoms with Gasteiger partial charge in [-0.25, -0.2) is 8.78 Å². The van der Waals surface area contributed by atoms with Crippen molar-refractivity contribution in [2.75, 3.05) is 5.32 Å². The Hall–Kier alpha value is -1.64. The Morgan fingerprint density at radius 3 is 2.58 bits per heavy atom. The molecule has 0 saturated heterocycles. The number of halogens is 4. The van der Waals surface area contributed by atoms with Crippen LogP contribution in [0.15, 0.2) is 34.8 Å². The average Bonchev–Trinajstić information content (AvgIpc) is 2.34. The lowest BCUT2D eigenvalue weighted by atomic mass is 10.2. The fourth-order valence-electron chi connectivity index (χ4n) is 1.51. The summed E-state index contributed by atoms with van der Waals surface area (Å²) in [5.41, 5.74) is 0.630. The van der Waals surface area contributed by atoms with E-state index in [1.54, 1.807) is 18.2 Å². The third-order valence-electron chi connectivity index (χ3n) is 2.37. The molecule has 0 aliphatic rings. The molecule has 96 valence electrons. The molecule has 0 heterocycles. The van der Waals surface area contributed by atoms with Crippen molar-refractivity contribution in [1.82, 2.24) is 0 Å². The summed E-state index contributed by atoms with van der Waals surface area (Å²) in [4.78, 5) is 0. The van der Waals surface area contributed by atoms with Crippen molar-refractivity contribution in [3.8, 4) is 6.07 Å². The van der Waals surface area contributed by atoms with Gasteiger partial charge in [0.25, 0.3) is 0 Å². The number of nitrogens with one attached hydrogen (secondary N) is 1. The lowest BCUT2D eigenvalue weighted by molar-refractivity contribution is 0.586. The Morgan fingerprint density at radius 1 is 1.21 bits per heavy atom. The van der Waals surface area contributed by atoms with Gasteiger partial charge >= 0.3 is 0 Å². The van der Waals surface area contributed by atoms with Crippen LogP contribution in [0.25, 0.3) is 0 Å². The van der Waals surface area contributed by atoms with Crippen LogP contribution < -0.4 is 5.32 Å². The molecular weight excluding hydrogens is 338 g/mol. The highest BCUT2D eigenvalue weighted by molar-refractivity contribution is 9.10. The van der Waals surface area contributed by atoms with Crippen molar-refractivity contribution >= 4 is 38.9 Å². The van der Waals surface area contributed by atoms with Crippen LogP contribution in [0.4, 0.5) is 20.2 Å². The number of anilines is 2. The molecule has 0 fully saturated rings. The molecule has 0 saturated carbocycles. The standard InChI is InChI=1S/C13H6BrClF2N2/c14-8-2-1-7(6-18)12(3-8)19-13-10(15)4-9(16)5-11(13)17/h1-5,19H. The summed E-state index contributed by atoms with van der Waals surface area (Å²) in [6.45, 7) is 0. The minimum absolute atomic E-state index is 0.0716. The molecular formula is C13H6BrClF2N2. The molecule has 6 heteroatoms. The topological polar surface area (TPSA) is 35.8 Å². The van der Waals surface area contributed by atoms with Crippen molar-refractivity contribution in [3.63, 3.8) is 0 Å². The number of rotatable bonds is 2. The highest BCUT2D eigenvalue weighted by atomic mass is 79.9. The fourth-order valence-corrected chi connectivity index (χ4v) is 2.12. The molecule has 0 bridgehead atoms. The zero-order valence-corrected chi connectivity index (χ0v) is 11.7. The summed E-state index contributed by atoms with van der Waals surface area (Å²) in [6, 6.07) is 8.55. The summed E-state index contributed by atoms with van der Waals surface area (Å²) in [5.74, 6) is -1.59. The summed E-state index contributed by atoms with van der Waals surface area (Å²) in [5, 5.41) is 11.6. The van der Waals surface area contributed by atoms with Gasteiger partial charge in [0.15, 0.2) is 5.82 Å². The molecule has 0 aliphatic heterocycles. The Balaban J connectivity index is 2.48. The highest BCUT2D eigenvalue weighted by Crippen LogP contribution is 2.31. The molecule has 0 radical (unpaired) electrons. The van der Waals surface area contributed by atoms with E-state index in [0.29, 0.717) is 15.7 Å². The van der Waals surface area contributed by atoms with Gasteiger partial charge in [0.05, 0.1) is 22.0 Å². The Kier molecular flexibility index (Phi) is 4.03.